The number of aromatic hydroxyl groups is 1. The highest BCUT2D eigenvalue weighted by Crippen LogP contribution is 2.46. The maximum atomic E-state index is 13.9. The molecule has 0 spiro atoms. The number of rotatable bonds is 2. The molecule has 0 amide bonds. The van der Waals surface area contributed by atoms with Crippen molar-refractivity contribution >= 4 is 15.9 Å². The van der Waals surface area contributed by atoms with Crippen LogP contribution in [-0.2, 0) is 5.41 Å². The molecule has 0 radical (unpaired) electrons. The molecule has 88 valence electrons. The van der Waals surface area contributed by atoms with E-state index in [1.165, 1.54) is 12.1 Å². The first-order valence-corrected chi connectivity index (χ1v) is 6.27. The molecule has 1 aliphatic rings. The lowest BCUT2D eigenvalue weighted by Crippen LogP contribution is -2.33. The van der Waals surface area contributed by atoms with Gasteiger partial charge in [0.25, 0.3) is 0 Å². The summed E-state index contributed by atoms with van der Waals surface area (Å²) < 4.78 is 14.4. The van der Waals surface area contributed by atoms with Gasteiger partial charge in [-0.3, -0.25) is 0 Å². The van der Waals surface area contributed by atoms with E-state index in [0.29, 0.717) is 16.6 Å². The Morgan fingerprint density at radius 1 is 1.38 bits per heavy atom. The minimum Gasteiger partial charge on any atom is -0.506 e. The Kier molecular flexibility index (Phi) is 3.22. The maximum absolute atomic E-state index is 13.9. The van der Waals surface area contributed by atoms with Crippen molar-refractivity contribution in [3.05, 3.63) is 28.0 Å². The van der Waals surface area contributed by atoms with Crippen molar-refractivity contribution in [2.45, 2.75) is 31.1 Å². The van der Waals surface area contributed by atoms with Gasteiger partial charge in [0, 0.05) is 17.5 Å². The summed E-state index contributed by atoms with van der Waals surface area (Å²) in [6.45, 7) is 0.383. The average Bonchev–Trinajstić information content (AvgIpc) is 2.74. The second-order valence-electron chi connectivity index (χ2n) is 4.44. The molecule has 2 rings (SSSR count). The van der Waals surface area contributed by atoms with Gasteiger partial charge in [-0.15, -0.1) is 0 Å². The van der Waals surface area contributed by atoms with Crippen molar-refractivity contribution in [3.63, 3.8) is 0 Å². The fraction of sp³-hybridized carbons (Fsp3) is 0.500. The van der Waals surface area contributed by atoms with Crippen LogP contribution in [0.5, 0.6) is 5.75 Å². The van der Waals surface area contributed by atoms with Crippen molar-refractivity contribution in [2.75, 3.05) is 6.54 Å². The number of hydrogen-bond acceptors (Lipinski definition) is 2. The molecular weight excluding hydrogens is 273 g/mol. The summed E-state index contributed by atoms with van der Waals surface area (Å²) in [6, 6.07) is 2.90. The summed E-state index contributed by atoms with van der Waals surface area (Å²) >= 11 is 3.22. The van der Waals surface area contributed by atoms with Gasteiger partial charge in [-0.25, -0.2) is 4.39 Å². The van der Waals surface area contributed by atoms with E-state index in [4.69, 9.17) is 5.73 Å². The Morgan fingerprint density at radius 2 is 2.00 bits per heavy atom. The summed E-state index contributed by atoms with van der Waals surface area (Å²) in [5.41, 5.74) is 5.81. The third-order valence-corrected chi connectivity index (χ3v) is 4.20. The molecular formula is C12H15BrFNO. The van der Waals surface area contributed by atoms with E-state index in [9.17, 15) is 9.50 Å². The van der Waals surface area contributed by atoms with Crippen LogP contribution in [0.2, 0.25) is 0 Å². The van der Waals surface area contributed by atoms with Gasteiger partial charge in [0.1, 0.15) is 11.6 Å². The smallest absolute Gasteiger partial charge is 0.136 e. The van der Waals surface area contributed by atoms with E-state index in [-0.39, 0.29) is 17.0 Å². The third kappa shape index (κ3) is 1.74. The van der Waals surface area contributed by atoms with Crippen LogP contribution in [0.1, 0.15) is 31.2 Å². The van der Waals surface area contributed by atoms with Gasteiger partial charge in [-0.2, -0.15) is 0 Å². The molecule has 1 aromatic rings. The number of nitrogens with two attached hydrogens (primary N) is 1. The molecule has 1 saturated carbocycles. The molecule has 0 atom stereocenters. The minimum atomic E-state index is -0.377. The zero-order valence-electron chi connectivity index (χ0n) is 8.97. The van der Waals surface area contributed by atoms with Crippen LogP contribution < -0.4 is 5.73 Å². The molecule has 0 unspecified atom stereocenters. The Balaban J connectivity index is 2.57. The topological polar surface area (TPSA) is 46.2 Å². The molecule has 0 bridgehead atoms. The molecule has 0 saturated heterocycles. The van der Waals surface area contributed by atoms with Crippen LogP contribution >= 0.6 is 15.9 Å². The van der Waals surface area contributed by atoms with Crippen LogP contribution in [0.4, 0.5) is 4.39 Å². The van der Waals surface area contributed by atoms with Gasteiger partial charge >= 0.3 is 0 Å². The lowest BCUT2D eigenvalue weighted by molar-refractivity contribution is 0.383. The van der Waals surface area contributed by atoms with Gasteiger partial charge in [0.05, 0.1) is 4.47 Å². The number of phenolic OH excluding ortho intramolecular Hbond substituents is 1. The highest BCUT2D eigenvalue weighted by Gasteiger charge is 2.39. The third-order valence-electron chi connectivity index (χ3n) is 3.56. The lowest BCUT2D eigenvalue weighted by atomic mass is 9.78. The average molecular weight is 288 g/mol. The van der Waals surface area contributed by atoms with E-state index in [1.54, 1.807) is 0 Å². The molecule has 1 fully saturated rings. The SMILES string of the molecule is NCC1(c2c(F)ccc(Br)c2O)CCCC1. The molecule has 3 N–H and O–H groups in total. The van der Waals surface area contributed by atoms with Gasteiger partial charge in [-0.1, -0.05) is 12.8 Å². The molecule has 4 heteroatoms. The van der Waals surface area contributed by atoms with E-state index in [0.717, 1.165) is 25.7 Å². The van der Waals surface area contributed by atoms with Crippen molar-refractivity contribution in [2.24, 2.45) is 5.73 Å². The largest absolute Gasteiger partial charge is 0.506 e. The minimum absolute atomic E-state index is 0.00681. The summed E-state index contributed by atoms with van der Waals surface area (Å²) in [5, 5.41) is 9.99. The van der Waals surface area contributed by atoms with Crippen LogP contribution in [0, 0.1) is 5.82 Å². The van der Waals surface area contributed by atoms with Crippen LogP contribution in [0.15, 0.2) is 16.6 Å². The predicted molar refractivity (Wildman–Crippen MR) is 65.0 cm³/mol. The van der Waals surface area contributed by atoms with Crippen molar-refractivity contribution in [1.29, 1.82) is 0 Å². The standard InChI is InChI=1S/C12H15BrFNO/c13-8-3-4-9(14)10(11(8)16)12(7-15)5-1-2-6-12/h3-4,16H,1-2,5-7,15H2. The monoisotopic (exact) mass is 287 g/mol. The fourth-order valence-electron chi connectivity index (χ4n) is 2.65. The number of halogens is 2. The predicted octanol–water partition coefficient (Wildman–Crippen LogP) is 3.06. The molecule has 0 aromatic heterocycles. The van der Waals surface area contributed by atoms with Crippen molar-refractivity contribution < 1.29 is 9.50 Å². The van der Waals surface area contributed by atoms with Gasteiger partial charge in [0.15, 0.2) is 0 Å². The molecule has 0 aliphatic heterocycles. The Bertz CT molecular complexity index is 402. The lowest BCUT2D eigenvalue weighted by Gasteiger charge is -2.29. The number of benzene rings is 1. The summed E-state index contributed by atoms with van der Waals surface area (Å²) in [7, 11) is 0. The van der Waals surface area contributed by atoms with E-state index in [2.05, 4.69) is 15.9 Å². The van der Waals surface area contributed by atoms with Crippen LogP contribution in [-0.4, -0.2) is 11.7 Å². The maximum Gasteiger partial charge on any atom is 0.136 e. The Morgan fingerprint density at radius 3 is 2.56 bits per heavy atom. The van der Waals surface area contributed by atoms with E-state index >= 15 is 0 Å². The highest BCUT2D eigenvalue weighted by atomic mass is 79.9. The normalized spacial score (nSPS) is 18.9. The quantitative estimate of drug-likeness (QED) is 0.878. The first-order chi connectivity index (χ1) is 7.60. The molecule has 2 nitrogen and oxygen atoms in total. The van der Waals surface area contributed by atoms with E-state index in [1.807, 2.05) is 0 Å². The summed E-state index contributed by atoms with van der Waals surface area (Å²) in [6.07, 6.45) is 3.79. The van der Waals surface area contributed by atoms with Gasteiger partial charge in [0.2, 0.25) is 0 Å². The number of phenols is 1. The number of hydrogen-bond donors (Lipinski definition) is 2. The van der Waals surface area contributed by atoms with Gasteiger partial charge < -0.3 is 10.8 Å². The van der Waals surface area contributed by atoms with Crippen LogP contribution in [0.25, 0.3) is 0 Å². The van der Waals surface area contributed by atoms with E-state index < -0.39 is 0 Å². The Labute approximate surface area is 103 Å². The van der Waals surface area contributed by atoms with Crippen LogP contribution in [0.3, 0.4) is 0 Å². The van der Waals surface area contributed by atoms with Gasteiger partial charge in [-0.05, 0) is 40.9 Å². The fourth-order valence-corrected chi connectivity index (χ4v) is 2.98. The zero-order chi connectivity index (χ0) is 11.8. The summed E-state index contributed by atoms with van der Waals surface area (Å²) in [4.78, 5) is 0. The zero-order valence-corrected chi connectivity index (χ0v) is 10.6. The van der Waals surface area contributed by atoms with Crippen molar-refractivity contribution in [1.82, 2.24) is 0 Å². The first kappa shape index (κ1) is 11.9. The molecule has 0 heterocycles. The molecule has 1 aromatic carbocycles. The Hall–Kier alpha value is -0.610. The second kappa shape index (κ2) is 4.34. The van der Waals surface area contributed by atoms with Crippen molar-refractivity contribution in [3.8, 4) is 5.75 Å². The summed E-state index contributed by atoms with van der Waals surface area (Å²) in [5.74, 6) is -0.347. The molecule has 16 heavy (non-hydrogen) atoms. The molecule has 1 aliphatic carbocycles. The second-order valence-corrected chi connectivity index (χ2v) is 5.30. The highest BCUT2D eigenvalue weighted by molar-refractivity contribution is 9.10. The first-order valence-electron chi connectivity index (χ1n) is 5.48.